The molecule has 1 heterocycles. The molecule has 2 atom stereocenters. The lowest BCUT2D eigenvalue weighted by Gasteiger charge is -2.37. The van der Waals surface area contributed by atoms with Gasteiger partial charge in [0, 0.05) is 42.8 Å². The molecule has 0 amide bonds. The molecule has 4 nitrogen and oxygen atoms in total. The van der Waals surface area contributed by atoms with Crippen LogP contribution in [0, 0.1) is 0 Å². The van der Waals surface area contributed by atoms with Crippen molar-refractivity contribution in [2.75, 3.05) is 20.2 Å². The second-order valence-corrected chi connectivity index (χ2v) is 5.67. The molecule has 0 spiro atoms. The fourth-order valence-electron chi connectivity index (χ4n) is 2.66. The molecule has 1 aliphatic heterocycles. The number of methoxy groups -OCH3 is 1. The Morgan fingerprint density at radius 1 is 1.45 bits per heavy atom. The molecule has 0 radical (unpaired) electrons. The van der Waals surface area contributed by atoms with E-state index in [0.29, 0.717) is 12.1 Å². The average molecular weight is 276 g/mol. The molecule has 4 heteroatoms. The summed E-state index contributed by atoms with van der Waals surface area (Å²) in [4.78, 5) is 14.0. The predicted octanol–water partition coefficient (Wildman–Crippen LogP) is 2.08. The van der Waals surface area contributed by atoms with Crippen molar-refractivity contribution in [1.29, 1.82) is 0 Å². The molecule has 0 bridgehead atoms. The number of piperazine rings is 1. The van der Waals surface area contributed by atoms with E-state index < -0.39 is 0 Å². The van der Waals surface area contributed by atoms with Crippen molar-refractivity contribution in [2.24, 2.45) is 0 Å². The number of benzene rings is 1. The maximum absolute atomic E-state index is 11.5. The van der Waals surface area contributed by atoms with Crippen LogP contribution in [-0.4, -0.2) is 43.0 Å². The van der Waals surface area contributed by atoms with Gasteiger partial charge in [-0.1, -0.05) is 0 Å². The molecule has 1 N–H and O–H groups in total. The van der Waals surface area contributed by atoms with Gasteiger partial charge in [0.1, 0.15) is 5.75 Å². The summed E-state index contributed by atoms with van der Waals surface area (Å²) >= 11 is 0. The van der Waals surface area contributed by atoms with Gasteiger partial charge < -0.3 is 10.1 Å². The summed E-state index contributed by atoms with van der Waals surface area (Å²) in [5.74, 6) is 0.948. The summed E-state index contributed by atoms with van der Waals surface area (Å²) in [6, 6.07) is 6.65. The van der Waals surface area contributed by atoms with E-state index >= 15 is 0 Å². The van der Waals surface area contributed by atoms with Gasteiger partial charge in [-0.15, -0.1) is 0 Å². The van der Waals surface area contributed by atoms with Gasteiger partial charge in [0.15, 0.2) is 5.78 Å². The van der Waals surface area contributed by atoms with Crippen LogP contribution in [0.4, 0.5) is 0 Å². The first-order valence-corrected chi connectivity index (χ1v) is 7.16. The van der Waals surface area contributed by atoms with Crippen LogP contribution in [0.3, 0.4) is 0 Å². The van der Waals surface area contributed by atoms with Crippen molar-refractivity contribution in [3.63, 3.8) is 0 Å². The van der Waals surface area contributed by atoms with Crippen molar-refractivity contribution >= 4 is 5.78 Å². The lowest BCUT2D eigenvalue weighted by molar-refractivity contribution is 0.101. The van der Waals surface area contributed by atoms with Gasteiger partial charge in [-0.05, 0) is 39.0 Å². The zero-order valence-electron chi connectivity index (χ0n) is 12.8. The highest BCUT2D eigenvalue weighted by atomic mass is 16.5. The van der Waals surface area contributed by atoms with Gasteiger partial charge in [0.05, 0.1) is 7.11 Å². The SMILES string of the molecule is COc1ccc(C(C)=O)cc1CN1CC(C)NCC1C. The summed E-state index contributed by atoms with van der Waals surface area (Å²) in [7, 11) is 1.68. The molecule has 0 aromatic heterocycles. The molecule has 0 saturated carbocycles. The Morgan fingerprint density at radius 2 is 2.20 bits per heavy atom. The molecule has 1 aromatic carbocycles. The predicted molar refractivity (Wildman–Crippen MR) is 80.3 cm³/mol. The van der Waals surface area contributed by atoms with Crippen molar-refractivity contribution < 1.29 is 9.53 Å². The number of ketones is 1. The van der Waals surface area contributed by atoms with Crippen molar-refractivity contribution in [2.45, 2.75) is 39.4 Å². The zero-order chi connectivity index (χ0) is 14.7. The Balaban J connectivity index is 2.22. The first-order valence-electron chi connectivity index (χ1n) is 7.16. The number of hydrogen-bond donors (Lipinski definition) is 1. The van der Waals surface area contributed by atoms with Gasteiger partial charge in [-0.2, -0.15) is 0 Å². The molecule has 0 aliphatic carbocycles. The van der Waals surface area contributed by atoms with E-state index in [2.05, 4.69) is 24.1 Å². The Kier molecular flexibility index (Phi) is 4.78. The van der Waals surface area contributed by atoms with E-state index in [9.17, 15) is 4.79 Å². The molecule has 2 unspecified atom stereocenters. The third kappa shape index (κ3) is 3.38. The number of nitrogens with one attached hydrogen (secondary N) is 1. The average Bonchev–Trinajstić information content (AvgIpc) is 2.42. The van der Waals surface area contributed by atoms with Crippen LogP contribution in [0.25, 0.3) is 0 Å². The number of carbonyl (C=O) groups is 1. The van der Waals surface area contributed by atoms with E-state index in [0.717, 1.165) is 36.5 Å². The highest BCUT2D eigenvalue weighted by Gasteiger charge is 2.23. The summed E-state index contributed by atoms with van der Waals surface area (Å²) in [5.41, 5.74) is 1.83. The van der Waals surface area contributed by atoms with E-state index in [1.54, 1.807) is 14.0 Å². The fraction of sp³-hybridized carbons (Fsp3) is 0.562. The van der Waals surface area contributed by atoms with Gasteiger partial charge in [0.2, 0.25) is 0 Å². The minimum atomic E-state index is 0.0932. The van der Waals surface area contributed by atoms with Crippen molar-refractivity contribution in [3.8, 4) is 5.75 Å². The molecular formula is C16H24N2O2. The number of rotatable bonds is 4. The molecule has 2 rings (SSSR count). The second-order valence-electron chi connectivity index (χ2n) is 5.67. The van der Waals surface area contributed by atoms with Crippen LogP contribution < -0.4 is 10.1 Å². The molecule has 110 valence electrons. The highest BCUT2D eigenvalue weighted by Crippen LogP contribution is 2.23. The summed E-state index contributed by atoms with van der Waals surface area (Å²) < 4.78 is 5.43. The first-order chi connectivity index (χ1) is 9.51. The molecular weight excluding hydrogens is 252 g/mol. The monoisotopic (exact) mass is 276 g/mol. The van der Waals surface area contributed by atoms with E-state index in [-0.39, 0.29) is 5.78 Å². The lowest BCUT2D eigenvalue weighted by Crippen LogP contribution is -2.53. The van der Waals surface area contributed by atoms with Crippen LogP contribution in [0.2, 0.25) is 0 Å². The van der Waals surface area contributed by atoms with Crippen molar-refractivity contribution in [3.05, 3.63) is 29.3 Å². The maximum atomic E-state index is 11.5. The Morgan fingerprint density at radius 3 is 2.85 bits per heavy atom. The second kappa shape index (κ2) is 6.37. The van der Waals surface area contributed by atoms with Crippen LogP contribution in [-0.2, 0) is 6.54 Å². The largest absolute Gasteiger partial charge is 0.496 e. The summed E-state index contributed by atoms with van der Waals surface area (Å²) in [6.45, 7) is 8.84. The van der Waals surface area contributed by atoms with E-state index in [4.69, 9.17) is 4.74 Å². The number of carbonyl (C=O) groups excluding carboxylic acids is 1. The molecule has 20 heavy (non-hydrogen) atoms. The van der Waals surface area contributed by atoms with Crippen LogP contribution in [0.5, 0.6) is 5.75 Å². The van der Waals surface area contributed by atoms with Gasteiger partial charge >= 0.3 is 0 Å². The first kappa shape index (κ1) is 15.0. The number of hydrogen-bond acceptors (Lipinski definition) is 4. The quantitative estimate of drug-likeness (QED) is 0.855. The van der Waals surface area contributed by atoms with E-state index in [1.807, 2.05) is 18.2 Å². The van der Waals surface area contributed by atoms with Gasteiger partial charge in [-0.25, -0.2) is 0 Å². The van der Waals surface area contributed by atoms with Crippen LogP contribution >= 0.6 is 0 Å². The van der Waals surface area contributed by atoms with Crippen molar-refractivity contribution in [1.82, 2.24) is 10.2 Å². The highest BCUT2D eigenvalue weighted by molar-refractivity contribution is 5.94. The molecule has 1 fully saturated rings. The van der Waals surface area contributed by atoms with Gasteiger partial charge in [-0.3, -0.25) is 9.69 Å². The zero-order valence-corrected chi connectivity index (χ0v) is 12.8. The molecule has 1 aromatic rings. The van der Waals surface area contributed by atoms with Gasteiger partial charge in [0.25, 0.3) is 0 Å². The van der Waals surface area contributed by atoms with Crippen LogP contribution in [0.1, 0.15) is 36.7 Å². The smallest absolute Gasteiger partial charge is 0.159 e. The maximum Gasteiger partial charge on any atom is 0.159 e. The summed E-state index contributed by atoms with van der Waals surface area (Å²) in [6.07, 6.45) is 0. The minimum Gasteiger partial charge on any atom is -0.496 e. The Bertz CT molecular complexity index is 487. The third-order valence-electron chi connectivity index (χ3n) is 3.95. The third-order valence-corrected chi connectivity index (χ3v) is 3.95. The molecule has 1 aliphatic rings. The normalized spacial score (nSPS) is 23.6. The number of nitrogens with zero attached hydrogens (tertiary/aromatic N) is 1. The molecule has 1 saturated heterocycles. The Labute approximate surface area is 121 Å². The number of ether oxygens (including phenoxy) is 1. The van der Waals surface area contributed by atoms with Crippen LogP contribution in [0.15, 0.2) is 18.2 Å². The lowest BCUT2D eigenvalue weighted by atomic mass is 10.0. The Hall–Kier alpha value is -1.39. The fourth-order valence-corrected chi connectivity index (χ4v) is 2.66. The topological polar surface area (TPSA) is 41.6 Å². The minimum absolute atomic E-state index is 0.0932. The summed E-state index contributed by atoms with van der Waals surface area (Å²) in [5, 5.41) is 3.48. The number of Topliss-reactive ketones (excluding diaryl/α,β-unsaturated/α-hetero) is 1. The van der Waals surface area contributed by atoms with E-state index in [1.165, 1.54) is 0 Å². The standard InChI is InChI=1S/C16H24N2O2/c1-11-9-18(12(2)8-17-11)10-15-7-14(13(3)19)5-6-16(15)20-4/h5-7,11-12,17H,8-10H2,1-4H3.